The van der Waals surface area contributed by atoms with Gasteiger partial charge in [0, 0.05) is 44.5 Å². The topological polar surface area (TPSA) is 8.17 Å². The van der Waals surface area contributed by atoms with Crippen molar-refractivity contribution in [3.63, 3.8) is 0 Å². The van der Waals surface area contributed by atoms with Crippen molar-refractivity contribution < 1.29 is 0 Å². The molecule has 0 aliphatic heterocycles. The van der Waals surface area contributed by atoms with Crippen LogP contribution in [0.5, 0.6) is 0 Å². The maximum absolute atomic E-state index is 3.26. The van der Waals surface area contributed by atoms with E-state index in [2.05, 4.69) is 258 Å². The van der Waals surface area contributed by atoms with Gasteiger partial charge in [0.1, 0.15) is 0 Å². The van der Waals surface area contributed by atoms with Gasteiger partial charge < -0.3 is 9.47 Å². The van der Waals surface area contributed by atoms with Crippen molar-refractivity contribution in [2.24, 2.45) is 0 Å². The lowest BCUT2D eigenvalue weighted by Crippen LogP contribution is -2.10. The molecule has 2 nitrogen and oxygen atoms in total. The Balaban J connectivity index is 0.999. The van der Waals surface area contributed by atoms with E-state index in [-0.39, 0.29) is 0 Å². The molecule has 0 radical (unpaired) electrons. The summed E-state index contributed by atoms with van der Waals surface area (Å²) in [6, 6.07) is 94.1. The third-order valence-electron chi connectivity index (χ3n) is 12.6. The van der Waals surface area contributed by atoms with E-state index in [0.29, 0.717) is 0 Å². The highest BCUT2D eigenvalue weighted by atomic mass is 15.1. The van der Waals surface area contributed by atoms with Gasteiger partial charge in [-0.05, 0) is 134 Å². The zero-order chi connectivity index (χ0) is 42.4. The number of para-hydroxylation sites is 2. The first-order chi connectivity index (χ1) is 31.7. The number of fused-ring (bicyclic) bond motifs is 6. The van der Waals surface area contributed by atoms with Gasteiger partial charge in [-0.25, -0.2) is 0 Å². The number of nitrogens with zero attached hydrogens (tertiary/aromatic N) is 2. The molecule has 0 saturated carbocycles. The summed E-state index contributed by atoms with van der Waals surface area (Å²) in [6.07, 6.45) is 0. The van der Waals surface area contributed by atoms with Gasteiger partial charge in [0.2, 0.25) is 0 Å². The molecule has 12 aromatic rings. The lowest BCUT2D eigenvalue weighted by atomic mass is 9.96. The fraction of sp³-hybridized carbons (Fsp3) is 0. The van der Waals surface area contributed by atoms with E-state index in [0.717, 1.165) is 33.7 Å². The molecule has 0 fully saturated rings. The molecule has 1 aromatic heterocycles. The second kappa shape index (κ2) is 15.7. The number of hydrogen-bond acceptors (Lipinski definition) is 1. The minimum absolute atomic E-state index is 1.08. The van der Waals surface area contributed by atoms with Crippen LogP contribution in [0.15, 0.2) is 243 Å². The van der Waals surface area contributed by atoms with Crippen molar-refractivity contribution in [1.82, 2.24) is 4.57 Å². The van der Waals surface area contributed by atoms with Gasteiger partial charge in [-0.3, -0.25) is 0 Å². The number of aromatic nitrogens is 1. The van der Waals surface area contributed by atoms with Crippen molar-refractivity contribution in [3.05, 3.63) is 255 Å². The summed E-state index contributed by atoms with van der Waals surface area (Å²) < 4.78 is 2.44. The van der Waals surface area contributed by atoms with E-state index in [4.69, 9.17) is 0 Å². The fourth-order valence-electron chi connectivity index (χ4n) is 9.62. The van der Waals surface area contributed by atoms with Crippen molar-refractivity contribution in [3.8, 4) is 50.2 Å². The number of anilines is 3. The molecular formula is C62H40N2. The first-order valence-electron chi connectivity index (χ1n) is 21.8. The molecule has 0 unspecified atom stereocenters. The van der Waals surface area contributed by atoms with Crippen LogP contribution in [0.25, 0.3) is 93.5 Å². The van der Waals surface area contributed by atoms with Crippen LogP contribution in [0.2, 0.25) is 0 Å². The molecule has 11 aromatic carbocycles. The van der Waals surface area contributed by atoms with Crippen molar-refractivity contribution in [1.29, 1.82) is 0 Å². The lowest BCUT2D eigenvalue weighted by molar-refractivity contribution is 1.18. The van der Waals surface area contributed by atoms with Crippen LogP contribution in [0.4, 0.5) is 17.1 Å². The third-order valence-corrected chi connectivity index (χ3v) is 12.6. The van der Waals surface area contributed by atoms with Crippen molar-refractivity contribution >= 4 is 60.4 Å². The van der Waals surface area contributed by atoms with Gasteiger partial charge in [0.05, 0.1) is 11.0 Å². The average Bonchev–Trinajstić information content (AvgIpc) is 3.72. The maximum Gasteiger partial charge on any atom is 0.0619 e. The molecule has 0 aliphatic rings. The quantitative estimate of drug-likeness (QED) is 0.148. The standard InChI is InChI=1S/C62H40N2/c1-4-15-43(16-5-1)44-31-36-52(37-32-44)63(53-38-33-45(34-39-53)48-35-40-56-50(41-48)30-29-47-19-10-11-24-55(47)56)54-23-12-20-49(42-54)57-25-14-28-60-61(57)59-27-13-26-58(46-17-6-2-7-18-46)62(59)64(60)51-21-8-3-9-22-51/h1-9,11-18,20-42H. The molecule has 2 heteroatoms. The highest BCUT2D eigenvalue weighted by Crippen LogP contribution is 2.44. The SMILES string of the molecule is c1ccc2c(c#1)ccc1cc(-c3ccc(N(c4ccc(-c5ccccc5)cc4)c4cccc(-c5cccc6c5c5cccc(-c7ccccc7)c5n6-c5ccccc5)c4)cc3)ccc12. The minimum Gasteiger partial charge on any atom is -0.310 e. The maximum atomic E-state index is 3.26. The van der Waals surface area contributed by atoms with Crippen LogP contribution >= 0.6 is 0 Å². The molecule has 0 bridgehead atoms. The molecule has 0 spiro atoms. The molecule has 0 atom stereocenters. The minimum atomic E-state index is 1.08. The largest absolute Gasteiger partial charge is 0.310 e. The van der Waals surface area contributed by atoms with Crippen LogP contribution in [0.1, 0.15) is 0 Å². The van der Waals surface area contributed by atoms with Gasteiger partial charge in [-0.15, -0.1) is 0 Å². The number of hydrogen-bond donors (Lipinski definition) is 0. The molecule has 0 N–H and O–H groups in total. The molecular weight excluding hydrogens is 773 g/mol. The van der Waals surface area contributed by atoms with E-state index < -0.39 is 0 Å². The van der Waals surface area contributed by atoms with Gasteiger partial charge in [-0.2, -0.15) is 0 Å². The second-order valence-corrected chi connectivity index (χ2v) is 16.3. The zero-order valence-corrected chi connectivity index (χ0v) is 35.0. The molecule has 0 amide bonds. The smallest absolute Gasteiger partial charge is 0.0619 e. The second-order valence-electron chi connectivity index (χ2n) is 16.3. The fourth-order valence-corrected chi connectivity index (χ4v) is 9.62. The van der Waals surface area contributed by atoms with Crippen LogP contribution in [-0.4, -0.2) is 4.57 Å². The van der Waals surface area contributed by atoms with Crippen molar-refractivity contribution in [2.45, 2.75) is 0 Å². The highest BCUT2D eigenvalue weighted by Gasteiger charge is 2.21. The summed E-state index contributed by atoms with van der Waals surface area (Å²) >= 11 is 0. The summed E-state index contributed by atoms with van der Waals surface area (Å²) in [7, 11) is 0. The van der Waals surface area contributed by atoms with Crippen LogP contribution < -0.4 is 4.90 Å². The Bertz CT molecular complexity index is 3630. The normalized spacial score (nSPS) is 11.3. The van der Waals surface area contributed by atoms with Gasteiger partial charge in [0.15, 0.2) is 0 Å². The van der Waals surface area contributed by atoms with Gasteiger partial charge >= 0.3 is 0 Å². The number of rotatable bonds is 8. The molecule has 12 rings (SSSR count). The Morgan fingerprint density at radius 1 is 0.359 bits per heavy atom. The first kappa shape index (κ1) is 37.1. The van der Waals surface area contributed by atoms with Gasteiger partial charge in [-0.1, -0.05) is 176 Å². The summed E-state index contributed by atoms with van der Waals surface area (Å²) in [5, 5.41) is 7.18. The predicted molar refractivity (Wildman–Crippen MR) is 270 cm³/mol. The Labute approximate surface area is 373 Å². The Morgan fingerprint density at radius 2 is 0.969 bits per heavy atom. The third kappa shape index (κ3) is 6.47. The molecule has 0 aliphatic carbocycles. The van der Waals surface area contributed by atoms with Crippen LogP contribution in [0, 0.1) is 12.1 Å². The first-order valence-corrected chi connectivity index (χ1v) is 21.8. The molecule has 1 heterocycles. The van der Waals surface area contributed by atoms with E-state index in [1.165, 1.54) is 76.9 Å². The molecule has 64 heavy (non-hydrogen) atoms. The van der Waals surface area contributed by atoms with E-state index in [1.54, 1.807) is 0 Å². The monoisotopic (exact) mass is 812 g/mol. The zero-order valence-electron chi connectivity index (χ0n) is 35.0. The lowest BCUT2D eigenvalue weighted by Gasteiger charge is -2.26. The Hall–Kier alpha value is -8.64. The molecule has 0 saturated heterocycles. The summed E-state index contributed by atoms with van der Waals surface area (Å²) in [5.41, 5.74) is 16.3. The Kier molecular flexibility index (Phi) is 9.10. The average molecular weight is 813 g/mol. The summed E-state index contributed by atoms with van der Waals surface area (Å²) in [6.45, 7) is 0. The van der Waals surface area contributed by atoms with Crippen LogP contribution in [0.3, 0.4) is 0 Å². The van der Waals surface area contributed by atoms with E-state index in [1.807, 2.05) is 6.07 Å². The predicted octanol–water partition coefficient (Wildman–Crippen LogP) is 16.8. The van der Waals surface area contributed by atoms with Crippen LogP contribution in [-0.2, 0) is 0 Å². The number of benzene rings is 10. The summed E-state index contributed by atoms with van der Waals surface area (Å²) in [4.78, 5) is 2.38. The highest BCUT2D eigenvalue weighted by molar-refractivity contribution is 6.19. The molecule has 298 valence electrons. The Morgan fingerprint density at radius 3 is 1.72 bits per heavy atom. The van der Waals surface area contributed by atoms with Gasteiger partial charge in [0.25, 0.3) is 0 Å². The van der Waals surface area contributed by atoms with E-state index in [9.17, 15) is 0 Å². The summed E-state index contributed by atoms with van der Waals surface area (Å²) in [5.74, 6) is 0. The van der Waals surface area contributed by atoms with Crippen molar-refractivity contribution in [2.75, 3.05) is 4.90 Å². The van der Waals surface area contributed by atoms with E-state index >= 15 is 0 Å².